The lowest BCUT2D eigenvalue weighted by molar-refractivity contribution is -0.137. The second kappa shape index (κ2) is 9.43. The second-order valence-electron chi connectivity index (χ2n) is 7.97. The minimum Gasteiger partial charge on any atom is -0.447 e. The van der Waals surface area contributed by atoms with E-state index in [1.807, 2.05) is 0 Å². The van der Waals surface area contributed by atoms with E-state index in [1.165, 1.54) is 19.2 Å². The number of aromatic nitrogens is 3. The molecule has 0 spiro atoms. The van der Waals surface area contributed by atoms with Crippen molar-refractivity contribution >= 4 is 17.9 Å². The maximum absolute atomic E-state index is 14.4. The van der Waals surface area contributed by atoms with E-state index in [1.54, 1.807) is 25.1 Å². The van der Waals surface area contributed by atoms with E-state index >= 15 is 0 Å². The van der Waals surface area contributed by atoms with Crippen LogP contribution in [0.15, 0.2) is 48.8 Å². The highest BCUT2D eigenvalue weighted by Gasteiger charge is 2.40. The van der Waals surface area contributed by atoms with E-state index < -0.39 is 47.7 Å². The number of nitrogens with zero attached hydrogens (tertiary/aromatic N) is 4. The number of carbonyl (C=O) groups is 1. The number of halogens is 5. The van der Waals surface area contributed by atoms with Crippen molar-refractivity contribution in [2.45, 2.75) is 38.3 Å². The van der Waals surface area contributed by atoms with Gasteiger partial charge in [-0.25, -0.2) is 23.5 Å². The Labute approximate surface area is 197 Å². The first-order valence-corrected chi connectivity index (χ1v) is 10.6. The molecule has 184 valence electrons. The van der Waals surface area contributed by atoms with Crippen LogP contribution in [-0.2, 0) is 10.9 Å². The lowest BCUT2D eigenvalue weighted by Crippen LogP contribution is -2.40. The van der Waals surface area contributed by atoms with E-state index in [4.69, 9.17) is 4.74 Å². The zero-order valence-electron chi connectivity index (χ0n) is 18.6. The maximum Gasteiger partial charge on any atom is 0.416 e. The van der Waals surface area contributed by atoms with Crippen LogP contribution in [0.1, 0.15) is 31.1 Å². The molecule has 1 saturated heterocycles. The minimum atomic E-state index is -4.45. The van der Waals surface area contributed by atoms with Crippen LogP contribution in [0.5, 0.6) is 0 Å². The van der Waals surface area contributed by atoms with Gasteiger partial charge in [-0.1, -0.05) is 18.2 Å². The molecule has 7 nitrogen and oxygen atoms in total. The average Bonchev–Trinajstić information content (AvgIpc) is 3.21. The van der Waals surface area contributed by atoms with Crippen LogP contribution in [0.3, 0.4) is 0 Å². The van der Waals surface area contributed by atoms with Crippen LogP contribution < -0.4 is 10.2 Å². The Morgan fingerprint density at radius 3 is 2.54 bits per heavy atom. The monoisotopic (exact) mass is 493 g/mol. The van der Waals surface area contributed by atoms with Crippen molar-refractivity contribution in [3.05, 3.63) is 65.9 Å². The smallest absolute Gasteiger partial charge is 0.416 e. The molecule has 3 heterocycles. The Morgan fingerprint density at radius 2 is 1.89 bits per heavy atom. The van der Waals surface area contributed by atoms with Crippen LogP contribution in [0.4, 0.5) is 38.5 Å². The number of hydrogen-bond donors (Lipinski definition) is 1. The van der Waals surface area contributed by atoms with Gasteiger partial charge in [0.1, 0.15) is 18.8 Å². The Balaban J connectivity index is 1.52. The molecule has 2 aromatic heterocycles. The predicted octanol–water partition coefficient (Wildman–Crippen LogP) is 5.55. The highest BCUT2D eigenvalue weighted by molar-refractivity contribution is 5.89. The number of nitrogens with one attached hydrogen (secondary N) is 1. The summed E-state index contributed by atoms with van der Waals surface area (Å²) < 4.78 is 72.1. The second-order valence-corrected chi connectivity index (χ2v) is 7.97. The van der Waals surface area contributed by atoms with Gasteiger partial charge in [0.05, 0.1) is 23.5 Å². The number of benzene rings is 1. The van der Waals surface area contributed by atoms with Crippen molar-refractivity contribution in [1.29, 1.82) is 0 Å². The number of anilines is 2. The number of rotatable bonds is 6. The summed E-state index contributed by atoms with van der Waals surface area (Å²) in [6.07, 6.45) is -4.56. The summed E-state index contributed by atoms with van der Waals surface area (Å²) in [5.41, 5.74) is 0.599. The maximum atomic E-state index is 14.4. The molecule has 1 aliphatic rings. The lowest BCUT2D eigenvalue weighted by Gasteiger charge is -2.22. The molecule has 35 heavy (non-hydrogen) atoms. The summed E-state index contributed by atoms with van der Waals surface area (Å²) in [6, 6.07) is 6.64. The van der Waals surface area contributed by atoms with E-state index in [9.17, 15) is 26.7 Å². The zero-order chi connectivity index (χ0) is 25.3. The molecular formula is C23H20F5N5O2. The topological polar surface area (TPSA) is 80.2 Å². The van der Waals surface area contributed by atoms with E-state index in [0.717, 1.165) is 23.2 Å². The summed E-state index contributed by atoms with van der Waals surface area (Å²) in [7, 11) is 0. The van der Waals surface area contributed by atoms with Gasteiger partial charge in [-0.15, -0.1) is 0 Å². The van der Waals surface area contributed by atoms with E-state index in [-0.39, 0.29) is 12.6 Å². The summed E-state index contributed by atoms with van der Waals surface area (Å²) >= 11 is 0. The zero-order valence-corrected chi connectivity index (χ0v) is 18.6. The molecule has 12 heteroatoms. The van der Waals surface area contributed by atoms with Crippen LogP contribution >= 0.6 is 0 Å². The van der Waals surface area contributed by atoms with E-state index in [0.29, 0.717) is 16.8 Å². The van der Waals surface area contributed by atoms with Gasteiger partial charge in [0.2, 0.25) is 5.95 Å². The van der Waals surface area contributed by atoms with Crippen LogP contribution in [0.2, 0.25) is 0 Å². The van der Waals surface area contributed by atoms with Crippen molar-refractivity contribution in [1.82, 2.24) is 15.0 Å². The fourth-order valence-electron chi connectivity index (χ4n) is 3.59. The number of alkyl halides is 4. The Hall–Kier alpha value is -3.83. The molecule has 1 unspecified atom stereocenters. The van der Waals surface area contributed by atoms with E-state index in [2.05, 4.69) is 20.3 Å². The van der Waals surface area contributed by atoms with Crippen molar-refractivity contribution < 1.29 is 31.5 Å². The number of cyclic esters (lactones) is 1. The number of pyridine rings is 1. The fourth-order valence-corrected chi connectivity index (χ4v) is 3.59. The van der Waals surface area contributed by atoms with Crippen molar-refractivity contribution in [3.8, 4) is 11.1 Å². The molecule has 4 rings (SSSR count). The van der Waals surface area contributed by atoms with Gasteiger partial charge in [-0.3, -0.25) is 4.98 Å². The van der Waals surface area contributed by atoms with Gasteiger partial charge in [-0.2, -0.15) is 18.2 Å². The van der Waals surface area contributed by atoms with Crippen LogP contribution in [0.25, 0.3) is 11.1 Å². The van der Waals surface area contributed by atoms with Crippen LogP contribution in [-0.4, -0.2) is 39.9 Å². The number of hydrogen-bond acceptors (Lipinski definition) is 6. The van der Waals surface area contributed by atoms with Crippen molar-refractivity contribution in [3.63, 3.8) is 0 Å². The SMILES string of the molecule is C[C@H](Nc1ncc(F)c(N2C(=O)OCC2[C@H](C)F)n1)c1ccc(-c2cccc(C(F)(F)F)c2)cn1. The highest BCUT2D eigenvalue weighted by atomic mass is 19.4. The molecule has 0 bridgehead atoms. The molecule has 0 aliphatic carbocycles. The third-order valence-corrected chi connectivity index (χ3v) is 5.49. The van der Waals surface area contributed by atoms with Gasteiger partial charge in [0, 0.05) is 11.8 Å². The minimum absolute atomic E-state index is 0.0392. The molecule has 0 saturated carbocycles. The number of carbonyl (C=O) groups excluding carboxylic acids is 1. The summed E-state index contributed by atoms with van der Waals surface area (Å²) in [5, 5.41) is 2.92. The van der Waals surface area contributed by atoms with Crippen molar-refractivity contribution in [2.24, 2.45) is 0 Å². The van der Waals surface area contributed by atoms with Crippen LogP contribution in [0, 0.1) is 5.82 Å². The Bertz CT molecular complexity index is 1220. The summed E-state index contributed by atoms with van der Waals surface area (Å²) in [6.45, 7) is 2.71. The third kappa shape index (κ3) is 5.15. The molecule has 0 radical (unpaired) electrons. The average molecular weight is 493 g/mol. The molecular weight excluding hydrogens is 473 g/mol. The summed E-state index contributed by atoms with van der Waals surface area (Å²) in [5.74, 6) is -1.38. The Kier molecular flexibility index (Phi) is 6.55. The molecule has 3 atom stereocenters. The molecule has 1 N–H and O–H groups in total. The molecule has 3 aromatic rings. The molecule has 1 amide bonds. The van der Waals surface area contributed by atoms with Gasteiger partial charge >= 0.3 is 12.3 Å². The normalized spacial score (nSPS) is 17.7. The predicted molar refractivity (Wildman–Crippen MR) is 117 cm³/mol. The lowest BCUT2D eigenvalue weighted by atomic mass is 10.0. The first-order valence-electron chi connectivity index (χ1n) is 10.6. The summed E-state index contributed by atoms with van der Waals surface area (Å²) in [4.78, 5) is 25.1. The van der Waals surface area contributed by atoms with Gasteiger partial charge in [-0.05, 0) is 37.6 Å². The quantitative estimate of drug-likeness (QED) is 0.454. The first kappa shape index (κ1) is 24.3. The molecule has 1 aromatic carbocycles. The van der Waals surface area contributed by atoms with Gasteiger partial charge in [0.15, 0.2) is 11.6 Å². The number of amides is 1. The molecule has 1 aliphatic heterocycles. The van der Waals surface area contributed by atoms with Gasteiger partial charge in [0.25, 0.3) is 0 Å². The Morgan fingerprint density at radius 1 is 1.11 bits per heavy atom. The highest BCUT2D eigenvalue weighted by Crippen LogP contribution is 2.32. The standard InChI is InChI=1S/C23H20F5N5O2/c1-12(24)19-11-35-22(34)33(19)20-17(25)10-30-21(32-20)31-13(2)18-7-6-15(9-29-18)14-4-3-5-16(8-14)23(26,27)28/h3-10,12-13,19H,11H2,1-2H3,(H,30,31,32)/t12-,13-,19?/m0/s1. The largest absolute Gasteiger partial charge is 0.447 e. The van der Waals surface area contributed by atoms with Crippen molar-refractivity contribution in [2.75, 3.05) is 16.8 Å². The van der Waals surface area contributed by atoms with Gasteiger partial charge < -0.3 is 10.1 Å². The third-order valence-electron chi connectivity index (χ3n) is 5.49. The first-order chi connectivity index (χ1) is 16.5. The number of ether oxygens (including phenoxy) is 1. The fraction of sp³-hybridized carbons (Fsp3) is 0.304. The molecule has 1 fully saturated rings.